The van der Waals surface area contributed by atoms with E-state index in [1.165, 1.54) is 38.5 Å². The van der Waals surface area contributed by atoms with Crippen molar-refractivity contribution in [2.24, 2.45) is 0 Å². The maximum Gasteiger partial charge on any atom is 0.127 e. The molecule has 0 atom stereocenters. The highest BCUT2D eigenvalue weighted by Gasteiger charge is 2.10. The quantitative estimate of drug-likeness (QED) is 0.115. The van der Waals surface area contributed by atoms with E-state index in [4.69, 9.17) is 9.47 Å². The van der Waals surface area contributed by atoms with Crippen molar-refractivity contribution in [1.29, 1.82) is 0 Å². The highest BCUT2D eigenvalue weighted by atomic mass is 79.9. The van der Waals surface area contributed by atoms with Crippen LogP contribution in [0.1, 0.15) is 87.5 Å². The fraction of sp³-hybridized carbons (Fsp3) is 0.353. The lowest BCUT2D eigenvalue weighted by Crippen LogP contribution is -2.03. The summed E-state index contributed by atoms with van der Waals surface area (Å²) in [7, 11) is 0. The minimum Gasteiger partial charge on any atom is -0.493 e. The molecular formula is C34H40Br2O2. The third-order valence-corrected chi connectivity index (χ3v) is 7.36. The summed E-state index contributed by atoms with van der Waals surface area (Å²) in [5.41, 5.74) is 4.35. The molecule has 0 bridgehead atoms. The molecule has 0 aliphatic heterocycles. The van der Waals surface area contributed by atoms with Crippen molar-refractivity contribution in [1.82, 2.24) is 0 Å². The number of hydrogen-bond acceptors (Lipinski definition) is 2. The van der Waals surface area contributed by atoms with Crippen molar-refractivity contribution < 1.29 is 9.47 Å². The highest BCUT2D eigenvalue weighted by molar-refractivity contribution is 9.10. The first kappa shape index (κ1) is 30.2. The van der Waals surface area contributed by atoms with Gasteiger partial charge in [-0.1, -0.05) is 133 Å². The van der Waals surface area contributed by atoms with Gasteiger partial charge in [-0.05, 0) is 60.4 Å². The Morgan fingerprint density at radius 2 is 0.921 bits per heavy atom. The van der Waals surface area contributed by atoms with E-state index in [2.05, 4.69) is 131 Å². The molecule has 0 aromatic heterocycles. The van der Waals surface area contributed by atoms with Crippen LogP contribution >= 0.6 is 31.9 Å². The Morgan fingerprint density at radius 1 is 0.526 bits per heavy atom. The SMILES string of the molecule is CCCCCCOc1cc(/C=C/c2ccc(Br)cc2)c(OCCCCCC)cc1/C=C/c1ccc(Br)cc1. The van der Waals surface area contributed by atoms with Crippen LogP contribution in [0.25, 0.3) is 24.3 Å². The summed E-state index contributed by atoms with van der Waals surface area (Å²) in [6.07, 6.45) is 18.0. The van der Waals surface area contributed by atoms with Crippen molar-refractivity contribution in [3.05, 3.63) is 91.9 Å². The van der Waals surface area contributed by atoms with Gasteiger partial charge in [-0.2, -0.15) is 0 Å². The summed E-state index contributed by atoms with van der Waals surface area (Å²) >= 11 is 7.04. The standard InChI is InChI=1S/C34H40Br2O2/c1-3-5-7-9-23-37-33-25-30(18-12-28-15-21-32(36)22-16-28)34(38-24-10-8-6-4-2)26-29(33)17-11-27-13-19-31(35)20-14-27/h11-22,25-26H,3-10,23-24H2,1-2H3/b17-11+,18-12+. The molecule has 3 rings (SSSR count). The molecule has 3 aromatic carbocycles. The number of benzene rings is 3. The predicted molar refractivity (Wildman–Crippen MR) is 172 cm³/mol. The van der Waals surface area contributed by atoms with Crippen LogP contribution in [0.2, 0.25) is 0 Å². The molecule has 38 heavy (non-hydrogen) atoms. The zero-order valence-electron chi connectivity index (χ0n) is 22.7. The molecule has 0 saturated heterocycles. The molecule has 3 aromatic rings. The molecule has 4 heteroatoms. The lowest BCUT2D eigenvalue weighted by Gasteiger charge is -2.15. The number of unbranched alkanes of at least 4 members (excludes halogenated alkanes) is 6. The topological polar surface area (TPSA) is 18.5 Å². The van der Waals surface area contributed by atoms with Crippen LogP contribution in [-0.4, -0.2) is 13.2 Å². The molecule has 0 spiro atoms. The summed E-state index contributed by atoms with van der Waals surface area (Å²) < 4.78 is 14.9. The van der Waals surface area contributed by atoms with Crippen LogP contribution in [0.4, 0.5) is 0 Å². The molecule has 0 N–H and O–H groups in total. The lowest BCUT2D eigenvalue weighted by molar-refractivity contribution is 0.296. The third kappa shape index (κ3) is 10.8. The Balaban J connectivity index is 1.91. The second-order valence-corrected chi connectivity index (χ2v) is 11.3. The third-order valence-electron chi connectivity index (χ3n) is 6.30. The molecule has 0 aliphatic rings. The molecule has 0 aliphatic carbocycles. The van der Waals surface area contributed by atoms with E-state index < -0.39 is 0 Å². The lowest BCUT2D eigenvalue weighted by atomic mass is 10.0. The Morgan fingerprint density at radius 3 is 1.29 bits per heavy atom. The second-order valence-electron chi connectivity index (χ2n) is 9.52. The van der Waals surface area contributed by atoms with Crippen LogP contribution in [0, 0.1) is 0 Å². The molecule has 0 unspecified atom stereocenters. The van der Waals surface area contributed by atoms with Crippen LogP contribution in [0.15, 0.2) is 69.6 Å². The second kappa shape index (κ2) is 17.3. The largest absolute Gasteiger partial charge is 0.493 e. The monoisotopic (exact) mass is 638 g/mol. The number of rotatable bonds is 16. The number of halogens is 2. The van der Waals surface area contributed by atoms with E-state index in [0.717, 1.165) is 55.5 Å². The summed E-state index contributed by atoms with van der Waals surface area (Å²) in [5.74, 6) is 1.78. The molecule has 0 saturated carbocycles. The van der Waals surface area contributed by atoms with E-state index in [-0.39, 0.29) is 0 Å². The fourth-order valence-corrected chi connectivity index (χ4v) is 4.57. The maximum atomic E-state index is 6.36. The highest BCUT2D eigenvalue weighted by Crippen LogP contribution is 2.33. The van der Waals surface area contributed by atoms with Gasteiger partial charge in [0.1, 0.15) is 11.5 Å². The zero-order chi connectivity index (χ0) is 27.0. The number of ether oxygens (including phenoxy) is 2. The van der Waals surface area contributed by atoms with Gasteiger partial charge in [0.25, 0.3) is 0 Å². The van der Waals surface area contributed by atoms with Crippen LogP contribution in [0.3, 0.4) is 0 Å². The first-order valence-electron chi connectivity index (χ1n) is 13.9. The molecule has 0 radical (unpaired) electrons. The van der Waals surface area contributed by atoms with Gasteiger partial charge in [-0.15, -0.1) is 0 Å². The smallest absolute Gasteiger partial charge is 0.127 e. The van der Waals surface area contributed by atoms with Gasteiger partial charge in [0.2, 0.25) is 0 Å². The minimum atomic E-state index is 0.714. The molecule has 0 fully saturated rings. The summed E-state index contributed by atoms with van der Waals surface area (Å²) in [5, 5.41) is 0. The van der Waals surface area contributed by atoms with E-state index >= 15 is 0 Å². The minimum absolute atomic E-state index is 0.714. The van der Waals surface area contributed by atoms with Gasteiger partial charge in [0.15, 0.2) is 0 Å². The molecule has 2 nitrogen and oxygen atoms in total. The predicted octanol–water partition coefficient (Wildman–Crippen LogP) is 11.5. The first-order chi connectivity index (χ1) is 18.6. The van der Waals surface area contributed by atoms with Gasteiger partial charge in [-0.3, -0.25) is 0 Å². The van der Waals surface area contributed by atoms with Crippen LogP contribution in [-0.2, 0) is 0 Å². The van der Waals surface area contributed by atoms with Gasteiger partial charge in [-0.25, -0.2) is 0 Å². The summed E-state index contributed by atoms with van der Waals surface area (Å²) in [6.45, 7) is 5.90. The van der Waals surface area contributed by atoms with E-state index in [1.807, 2.05) is 0 Å². The van der Waals surface area contributed by atoms with Crippen molar-refractivity contribution in [2.75, 3.05) is 13.2 Å². The van der Waals surface area contributed by atoms with Gasteiger partial charge in [0, 0.05) is 20.1 Å². The molecule has 202 valence electrons. The van der Waals surface area contributed by atoms with Crippen molar-refractivity contribution in [3.63, 3.8) is 0 Å². The molecular weight excluding hydrogens is 600 g/mol. The Bertz CT molecular complexity index is 1060. The zero-order valence-corrected chi connectivity index (χ0v) is 25.9. The number of hydrogen-bond donors (Lipinski definition) is 0. The van der Waals surface area contributed by atoms with Crippen molar-refractivity contribution in [3.8, 4) is 11.5 Å². The van der Waals surface area contributed by atoms with Gasteiger partial charge < -0.3 is 9.47 Å². The molecule has 0 heterocycles. The normalized spacial score (nSPS) is 11.5. The summed E-state index contributed by atoms with van der Waals surface area (Å²) in [4.78, 5) is 0. The van der Waals surface area contributed by atoms with Crippen molar-refractivity contribution >= 4 is 56.2 Å². The Hall–Kier alpha value is -2.30. The average molecular weight is 641 g/mol. The van der Waals surface area contributed by atoms with Gasteiger partial charge in [0.05, 0.1) is 13.2 Å². The van der Waals surface area contributed by atoms with Crippen molar-refractivity contribution in [2.45, 2.75) is 65.2 Å². The fourth-order valence-electron chi connectivity index (χ4n) is 4.04. The van der Waals surface area contributed by atoms with E-state index in [9.17, 15) is 0 Å². The van der Waals surface area contributed by atoms with Gasteiger partial charge >= 0.3 is 0 Å². The Labute approximate surface area is 246 Å². The van der Waals surface area contributed by atoms with E-state index in [1.54, 1.807) is 0 Å². The first-order valence-corrected chi connectivity index (χ1v) is 15.5. The summed E-state index contributed by atoms with van der Waals surface area (Å²) in [6, 6.07) is 20.9. The average Bonchev–Trinajstić information content (AvgIpc) is 2.93. The Kier molecular flexibility index (Phi) is 13.8. The van der Waals surface area contributed by atoms with E-state index in [0.29, 0.717) is 13.2 Å². The van der Waals surface area contributed by atoms with Crippen LogP contribution in [0.5, 0.6) is 11.5 Å². The van der Waals surface area contributed by atoms with Crippen LogP contribution < -0.4 is 9.47 Å². The molecule has 0 amide bonds. The maximum absolute atomic E-state index is 6.36.